The van der Waals surface area contributed by atoms with E-state index in [1.54, 1.807) is 18.2 Å². The number of ether oxygens (including phenoxy) is 2. The molecule has 0 amide bonds. The highest BCUT2D eigenvalue weighted by Gasteiger charge is 2.17. The number of aromatic nitrogens is 1. The van der Waals surface area contributed by atoms with E-state index in [9.17, 15) is 15.4 Å². The number of hydrogen-bond acceptors (Lipinski definition) is 5. The summed E-state index contributed by atoms with van der Waals surface area (Å²) in [6, 6.07) is 15.9. The highest BCUT2D eigenvalue weighted by molar-refractivity contribution is 5.90. The maximum absolute atomic E-state index is 10.8. The van der Waals surface area contributed by atoms with Crippen molar-refractivity contribution in [2.45, 2.75) is 13.8 Å². The smallest absolute Gasteiger partial charge is 0.269 e. The molecular formula is C22H17N3O4. The topological polar surface area (TPSA) is 90.3 Å². The highest BCUT2D eigenvalue weighted by atomic mass is 16.7. The lowest BCUT2D eigenvalue weighted by molar-refractivity contribution is -0.384. The molecule has 0 bridgehead atoms. The normalized spacial score (nSPS) is 12.7. The Hall–Kier alpha value is -4.05. The van der Waals surface area contributed by atoms with Crippen molar-refractivity contribution in [2.75, 3.05) is 6.79 Å². The molecule has 3 aromatic rings. The molecule has 0 unspecified atom stereocenters. The fourth-order valence-electron chi connectivity index (χ4n) is 3.45. The van der Waals surface area contributed by atoms with Crippen molar-refractivity contribution in [2.24, 2.45) is 0 Å². The van der Waals surface area contributed by atoms with E-state index in [1.165, 1.54) is 12.1 Å². The number of nitro benzene ring substituents is 1. The molecule has 0 spiro atoms. The zero-order valence-electron chi connectivity index (χ0n) is 15.9. The molecule has 144 valence electrons. The van der Waals surface area contributed by atoms with Gasteiger partial charge in [0.1, 0.15) is 0 Å². The molecule has 7 heteroatoms. The number of nitro groups is 1. The molecule has 1 aliphatic heterocycles. The van der Waals surface area contributed by atoms with E-state index in [-0.39, 0.29) is 12.5 Å². The summed E-state index contributed by atoms with van der Waals surface area (Å²) in [5, 5.41) is 20.5. The van der Waals surface area contributed by atoms with Crippen LogP contribution < -0.4 is 9.47 Å². The Kier molecular flexibility index (Phi) is 4.53. The number of rotatable bonds is 4. The number of nitriles is 1. The summed E-state index contributed by atoms with van der Waals surface area (Å²) in [5.74, 6) is 1.43. The molecule has 2 heterocycles. The second kappa shape index (κ2) is 7.17. The van der Waals surface area contributed by atoms with Gasteiger partial charge in [0.05, 0.1) is 16.6 Å². The first-order valence-electron chi connectivity index (χ1n) is 8.93. The Morgan fingerprint density at radius 1 is 1.14 bits per heavy atom. The summed E-state index contributed by atoms with van der Waals surface area (Å²) in [6.45, 7) is 4.19. The molecule has 0 aliphatic carbocycles. The second-order valence-electron chi connectivity index (χ2n) is 6.67. The summed E-state index contributed by atoms with van der Waals surface area (Å²) in [7, 11) is 0. The van der Waals surface area contributed by atoms with Crippen LogP contribution in [0.25, 0.3) is 17.3 Å². The van der Waals surface area contributed by atoms with Crippen molar-refractivity contribution in [3.05, 3.63) is 81.2 Å². The van der Waals surface area contributed by atoms with Gasteiger partial charge in [-0.1, -0.05) is 0 Å². The standard InChI is InChI=1S/C22H17N3O4/c1-14-9-17(10-18(12-23)16-3-5-19(6-4-16)25(26)27)15(2)24(14)20-7-8-21-22(11-20)29-13-28-21/h3-11H,13H2,1-2H3. The van der Waals surface area contributed by atoms with Crippen LogP contribution in [-0.2, 0) is 0 Å². The summed E-state index contributed by atoms with van der Waals surface area (Å²) in [6.07, 6.45) is 1.80. The van der Waals surface area contributed by atoms with Gasteiger partial charge in [-0.15, -0.1) is 0 Å². The van der Waals surface area contributed by atoms with E-state index in [0.717, 1.165) is 28.4 Å². The molecule has 0 radical (unpaired) electrons. The number of benzene rings is 2. The fraction of sp³-hybridized carbons (Fsp3) is 0.136. The predicted octanol–water partition coefficient (Wildman–Crippen LogP) is 4.80. The summed E-state index contributed by atoms with van der Waals surface area (Å²) in [5.41, 5.74) is 4.88. The largest absolute Gasteiger partial charge is 0.454 e. The van der Waals surface area contributed by atoms with Gasteiger partial charge in [-0.2, -0.15) is 5.26 Å². The Morgan fingerprint density at radius 2 is 1.86 bits per heavy atom. The zero-order chi connectivity index (χ0) is 20.5. The van der Waals surface area contributed by atoms with E-state index in [4.69, 9.17) is 9.47 Å². The van der Waals surface area contributed by atoms with Gasteiger partial charge in [-0.25, -0.2) is 0 Å². The van der Waals surface area contributed by atoms with Crippen molar-refractivity contribution in [1.29, 1.82) is 5.26 Å². The van der Waals surface area contributed by atoms with Crippen LogP contribution in [0.2, 0.25) is 0 Å². The number of fused-ring (bicyclic) bond motifs is 1. The Bertz CT molecular complexity index is 1180. The lowest BCUT2D eigenvalue weighted by Gasteiger charge is -2.10. The molecular weight excluding hydrogens is 370 g/mol. The number of non-ortho nitro benzene ring substituents is 1. The molecule has 2 aromatic carbocycles. The van der Waals surface area contributed by atoms with Gasteiger partial charge in [-0.05, 0) is 61.4 Å². The van der Waals surface area contributed by atoms with Gasteiger partial charge in [0.25, 0.3) is 5.69 Å². The third kappa shape index (κ3) is 3.32. The van der Waals surface area contributed by atoms with Crippen molar-refractivity contribution in [1.82, 2.24) is 4.57 Å². The maximum atomic E-state index is 10.8. The Balaban J connectivity index is 1.73. The maximum Gasteiger partial charge on any atom is 0.269 e. The lowest BCUT2D eigenvalue weighted by atomic mass is 10.0. The Morgan fingerprint density at radius 3 is 2.55 bits per heavy atom. The zero-order valence-corrected chi connectivity index (χ0v) is 15.9. The van der Waals surface area contributed by atoms with Crippen LogP contribution in [0.1, 0.15) is 22.5 Å². The van der Waals surface area contributed by atoms with Crippen LogP contribution in [-0.4, -0.2) is 16.3 Å². The van der Waals surface area contributed by atoms with Crippen LogP contribution in [0.4, 0.5) is 5.69 Å². The quantitative estimate of drug-likeness (QED) is 0.364. The third-order valence-corrected chi connectivity index (χ3v) is 4.89. The van der Waals surface area contributed by atoms with Gasteiger partial charge in [0.2, 0.25) is 6.79 Å². The van der Waals surface area contributed by atoms with Gasteiger partial charge in [0, 0.05) is 35.3 Å². The van der Waals surface area contributed by atoms with E-state index in [1.807, 2.05) is 38.1 Å². The average Bonchev–Trinajstić information content (AvgIpc) is 3.29. The highest BCUT2D eigenvalue weighted by Crippen LogP contribution is 2.35. The molecule has 4 rings (SSSR count). The van der Waals surface area contributed by atoms with Crippen molar-refractivity contribution in [3.8, 4) is 23.3 Å². The van der Waals surface area contributed by atoms with Crippen LogP contribution in [0.15, 0.2) is 48.5 Å². The van der Waals surface area contributed by atoms with Crippen LogP contribution in [0.3, 0.4) is 0 Å². The van der Waals surface area contributed by atoms with Gasteiger partial charge in [-0.3, -0.25) is 10.1 Å². The number of hydrogen-bond donors (Lipinski definition) is 0. The molecule has 1 aliphatic rings. The fourth-order valence-corrected chi connectivity index (χ4v) is 3.45. The number of allylic oxidation sites excluding steroid dienone is 1. The summed E-state index contributed by atoms with van der Waals surface area (Å²) >= 11 is 0. The minimum Gasteiger partial charge on any atom is -0.454 e. The van der Waals surface area contributed by atoms with Gasteiger partial charge >= 0.3 is 0 Å². The molecule has 7 nitrogen and oxygen atoms in total. The van der Waals surface area contributed by atoms with E-state index >= 15 is 0 Å². The molecule has 1 aromatic heterocycles. The first-order chi connectivity index (χ1) is 14.0. The van der Waals surface area contributed by atoms with Crippen LogP contribution >= 0.6 is 0 Å². The van der Waals surface area contributed by atoms with E-state index in [0.29, 0.717) is 16.9 Å². The van der Waals surface area contributed by atoms with E-state index < -0.39 is 4.92 Å². The average molecular weight is 387 g/mol. The lowest BCUT2D eigenvalue weighted by Crippen LogP contribution is -1.99. The molecule has 0 atom stereocenters. The van der Waals surface area contributed by atoms with Crippen LogP contribution in [0.5, 0.6) is 11.5 Å². The molecule has 0 fully saturated rings. The summed E-state index contributed by atoms with van der Waals surface area (Å²) in [4.78, 5) is 10.4. The molecule has 0 saturated heterocycles. The minimum absolute atomic E-state index is 0.00738. The molecule has 29 heavy (non-hydrogen) atoms. The van der Waals surface area contributed by atoms with Crippen molar-refractivity contribution < 1.29 is 14.4 Å². The molecule has 0 N–H and O–H groups in total. The second-order valence-corrected chi connectivity index (χ2v) is 6.67. The molecule has 0 saturated carbocycles. The van der Waals surface area contributed by atoms with Gasteiger partial charge in [0.15, 0.2) is 11.5 Å². The van der Waals surface area contributed by atoms with Crippen LogP contribution in [0, 0.1) is 35.3 Å². The first-order valence-corrected chi connectivity index (χ1v) is 8.93. The SMILES string of the molecule is Cc1cc(C=C(C#N)c2ccc([N+](=O)[O-])cc2)c(C)n1-c1ccc2c(c1)OCO2. The monoisotopic (exact) mass is 387 g/mol. The number of aryl methyl sites for hydroxylation is 1. The third-order valence-electron chi connectivity index (χ3n) is 4.89. The summed E-state index contributed by atoms with van der Waals surface area (Å²) < 4.78 is 12.9. The van der Waals surface area contributed by atoms with Crippen molar-refractivity contribution >= 4 is 17.3 Å². The van der Waals surface area contributed by atoms with E-state index in [2.05, 4.69) is 10.6 Å². The van der Waals surface area contributed by atoms with Crippen molar-refractivity contribution in [3.63, 3.8) is 0 Å². The Labute approximate surface area is 167 Å². The number of nitrogens with zero attached hydrogens (tertiary/aromatic N) is 3. The minimum atomic E-state index is -0.460. The predicted molar refractivity (Wildman–Crippen MR) is 108 cm³/mol. The first kappa shape index (κ1) is 18.3. The van der Waals surface area contributed by atoms with Gasteiger partial charge < -0.3 is 14.0 Å².